The predicted octanol–water partition coefficient (Wildman–Crippen LogP) is 4.28. The van der Waals surface area contributed by atoms with Gasteiger partial charge in [0.25, 0.3) is 5.91 Å². The molecule has 0 radical (unpaired) electrons. The Morgan fingerprint density at radius 2 is 1.80 bits per heavy atom. The average Bonchev–Trinajstić information content (AvgIpc) is 3.24. The minimum Gasteiger partial charge on any atom is -0.478 e. The Labute approximate surface area is 205 Å². The molecule has 0 unspecified atom stereocenters. The number of carbonyl (C=O) groups excluding carboxylic acids is 1. The molecule has 0 saturated carbocycles. The van der Waals surface area contributed by atoms with Gasteiger partial charge in [0, 0.05) is 36.4 Å². The van der Waals surface area contributed by atoms with Crippen LogP contribution in [0.25, 0.3) is 11.1 Å². The summed E-state index contributed by atoms with van der Waals surface area (Å²) in [5.74, 6) is -0.996. The predicted molar refractivity (Wildman–Crippen MR) is 138 cm³/mol. The number of aromatic carboxylic acids is 1. The zero-order chi connectivity index (χ0) is 25.1. The summed E-state index contributed by atoms with van der Waals surface area (Å²) >= 11 is 0. The maximum atomic E-state index is 12.5. The van der Waals surface area contributed by atoms with E-state index < -0.39 is 5.97 Å². The minimum atomic E-state index is -1.07. The molecule has 0 atom stereocenters. The van der Waals surface area contributed by atoms with Crippen molar-refractivity contribution in [1.82, 2.24) is 5.32 Å². The van der Waals surface area contributed by atoms with Crippen LogP contribution < -0.4 is 16.0 Å². The first-order valence-electron chi connectivity index (χ1n) is 11.7. The number of benzene rings is 3. The first kappa shape index (κ1) is 24.0. The van der Waals surface area contributed by atoms with Crippen LogP contribution in [0.1, 0.15) is 51.3 Å². The zero-order valence-electron chi connectivity index (χ0n) is 20.0. The number of hydrogen-bond acceptors (Lipinski definition) is 4. The molecule has 3 aromatic rings. The number of nitrogens with two attached hydrogens (primary N) is 1. The van der Waals surface area contributed by atoms with Gasteiger partial charge in [-0.3, -0.25) is 10.2 Å². The van der Waals surface area contributed by atoms with Gasteiger partial charge in [-0.15, -0.1) is 0 Å². The summed E-state index contributed by atoms with van der Waals surface area (Å²) < 4.78 is 0. The second-order valence-electron chi connectivity index (χ2n) is 9.26. The van der Waals surface area contributed by atoms with E-state index in [1.54, 1.807) is 12.1 Å². The van der Waals surface area contributed by atoms with Crippen LogP contribution in [0.4, 0.5) is 5.69 Å². The molecule has 3 aromatic carbocycles. The molecule has 35 heavy (non-hydrogen) atoms. The molecule has 7 heteroatoms. The normalized spacial score (nSPS) is 12.5. The summed E-state index contributed by atoms with van der Waals surface area (Å²) in [7, 11) is 0. The number of carboxylic acid groups (broad SMARTS) is 1. The number of nitrogens with zero attached hydrogens (tertiary/aromatic N) is 1. The summed E-state index contributed by atoms with van der Waals surface area (Å²) in [6.07, 6.45) is 0.860. The Bertz CT molecular complexity index is 1300. The fourth-order valence-corrected chi connectivity index (χ4v) is 4.42. The zero-order valence-corrected chi connectivity index (χ0v) is 20.0. The van der Waals surface area contributed by atoms with E-state index in [0.717, 1.165) is 40.9 Å². The van der Waals surface area contributed by atoms with Crippen LogP contribution >= 0.6 is 0 Å². The maximum Gasteiger partial charge on any atom is 0.336 e. The lowest BCUT2D eigenvalue weighted by Gasteiger charge is -2.22. The maximum absolute atomic E-state index is 12.5. The standard InChI is InChI=1S/C28H30N4O3/c1-17(2)15-31-27(33)20-7-9-23(24(14-20)28(34)35)22-6-4-3-5-21(22)16-32-12-11-18-13-19(26(29)30)8-10-25(18)32/h3-10,13-14,17H,11-12,15-16H2,1-2H3,(H3,29,30)(H,31,33)(H,34,35). The molecule has 0 spiro atoms. The van der Waals surface area contributed by atoms with Gasteiger partial charge in [-0.25, -0.2) is 4.79 Å². The number of carboxylic acids is 1. The van der Waals surface area contributed by atoms with Crippen molar-refractivity contribution in [1.29, 1.82) is 5.41 Å². The van der Waals surface area contributed by atoms with Crippen LogP contribution in [-0.4, -0.2) is 35.9 Å². The Kier molecular flexibility index (Phi) is 6.87. The van der Waals surface area contributed by atoms with Crippen LogP contribution in [-0.2, 0) is 13.0 Å². The number of fused-ring (bicyclic) bond motifs is 1. The van der Waals surface area contributed by atoms with E-state index in [0.29, 0.717) is 30.1 Å². The number of nitrogen functional groups attached to an aromatic ring is 1. The van der Waals surface area contributed by atoms with Crippen molar-refractivity contribution in [3.8, 4) is 11.1 Å². The van der Waals surface area contributed by atoms with Crippen molar-refractivity contribution in [2.24, 2.45) is 11.7 Å². The van der Waals surface area contributed by atoms with Crippen molar-refractivity contribution in [3.05, 3.63) is 88.5 Å². The Balaban J connectivity index is 1.65. The van der Waals surface area contributed by atoms with Gasteiger partial charge >= 0.3 is 5.97 Å². The summed E-state index contributed by atoms with van der Waals surface area (Å²) in [5.41, 5.74) is 11.4. The van der Waals surface area contributed by atoms with Crippen molar-refractivity contribution >= 4 is 23.4 Å². The number of amidine groups is 1. The van der Waals surface area contributed by atoms with E-state index in [2.05, 4.69) is 10.2 Å². The van der Waals surface area contributed by atoms with E-state index >= 15 is 0 Å². The van der Waals surface area contributed by atoms with E-state index in [9.17, 15) is 14.7 Å². The highest BCUT2D eigenvalue weighted by atomic mass is 16.4. The second kappa shape index (κ2) is 10.0. The Morgan fingerprint density at radius 3 is 2.51 bits per heavy atom. The highest BCUT2D eigenvalue weighted by Crippen LogP contribution is 2.34. The Hall–Kier alpha value is -4.13. The molecule has 0 saturated heterocycles. The van der Waals surface area contributed by atoms with Crippen molar-refractivity contribution in [2.75, 3.05) is 18.0 Å². The van der Waals surface area contributed by atoms with Crippen LogP contribution in [0, 0.1) is 11.3 Å². The molecule has 0 bridgehead atoms. The summed E-state index contributed by atoms with van der Waals surface area (Å²) in [6.45, 7) is 5.97. The summed E-state index contributed by atoms with van der Waals surface area (Å²) in [6, 6.07) is 18.5. The lowest BCUT2D eigenvalue weighted by Crippen LogP contribution is -2.27. The highest BCUT2D eigenvalue weighted by molar-refractivity contribution is 6.02. The van der Waals surface area contributed by atoms with E-state index in [4.69, 9.17) is 11.1 Å². The van der Waals surface area contributed by atoms with Gasteiger partial charge in [0.15, 0.2) is 0 Å². The molecular weight excluding hydrogens is 440 g/mol. The largest absolute Gasteiger partial charge is 0.478 e. The molecule has 4 rings (SSSR count). The molecule has 7 nitrogen and oxygen atoms in total. The van der Waals surface area contributed by atoms with Crippen molar-refractivity contribution in [2.45, 2.75) is 26.8 Å². The number of carbonyl (C=O) groups is 2. The van der Waals surface area contributed by atoms with E-state index in [1.165, 1.54) is 6.07 Å². The molecule has 1 heterocycles. The van der Waals surface area contributed by atoms with Gasteiger partial charge in [-0.05, 0) is 64.9 Å². The first-order valence-corrected chi connectivity index (χ1v) is 11.7. The Morgan fingerprint density at radius 1 is 1.06 bits per heavy atom. The van der Waals surface area contributed by atoms with Gasteiger partial charge in [0.1, 0.15) is 5.84 Å². The average molecular weight is 471 g/mol. The van der Waals surface area contributed by atoms with Crippen LogP contribution in [0.5, 0.6) is 0 Å². The van der Waals surface area contributed by atoms with Gasteiger partial charge < -0.3 is 21.1 Å². The third-order valence-electron chi connectivity index (χ3n) is 6.23. The van der Waals surface area contributed by atoms with Gasteiger partial charge in [-0.2, -0.15) is 0 Å². The van der Waals surface area contributed by atoms with Crippen LogP contribution in [0.2, 0.25) is 0 Å². The molecule has 1 aliphatic heterocycles. The lowest BCUT2D eigenvalue weighted by atomic mass is 9.93. The number of rotatable bonds is 8. The van der Waals surface area contributed by atoms with Crippen LogP contribution in [0.3, 0.4) is 0 Å². The summed E-state index contributed by atoms with van der Waals surface area (Å²) in [5, 5.41) is 20.5. The monoisotopic (exact) mass is 470 g/mol. The third kappa shape index (κ3) is 5.19. The summed E-state index contributed by atoms with van der Waals surface area (Å²) in [4.78, 5) is 26.9. The van der Waals surface area contributed by atoms with Crippen LogP contribution in [0.15, 0.2) is 60.7 Å². The molecule has 180 valence electrons. The number of nitrogens with one attached hydrogen (secondary N) is 2. The van der Waals surface area contributed by atoms with E-state index in [-0.39, 0.29) is 17.3 Å². The fraction of sp³-hybridized carbons (Fsp3) is 0.250. The SMILES string of the molecule is CC(C)CNC(=O)c1ccc(-c2ccccc2CN2CCc3cc(C(=N)N)ccc32)c(C(=O)O)c1. The smallest absolute Gasteiger partial charge is 0.336 e. The second-order valence-corrected chi connectivity index (χ2v) is 9.26. The first-order chi connectivity index (χ1) is 16.7. The number of amides is 1. The van der Waals surface area contributed by atoms with Crippen molar-refractivity contribution < 1.29 is 14.7 Å². The molecule has 1 amide bonds. The number of anilines is 1. The minimum absolute atomic E-state index is 0.0548. The van der Waals surface area contributed by atoms with E-state index in [1.807, 2.05) is 56.3 Å². The topological polar surface area (TPSA) is 120 Å². The quantitative estimate of drug-likeness (QED) is 0.289. The fourth-order valence-electron chi connectivity index (χ4n) is 4.42. The number of hydrogen-bond donors (Lipinski definition) is 4. The molecule has 0 aromatic heterocycles. The highest BCUT2D eigenvalue weighted by Gasteiger charge is 2.22. The van der Waals surface area contributed by atoms with Gasteiger partial charge in [0.05, 0.1) is 5.56 Å². The molecule has 5 N–H and O–H groups in total. The molecule has 0 aliphatic carbocycles. The molecular formula is C28H30N4O3. The van der Waals surface area contributed by atoms with Gasteiger partial charge in [0.2, 0.25) is 0 Å². The van der Waals surface area contributed by atoms with Crippen molar-refractivity contribution in [3.63, 3.8) is 0 Å². The third-order valence-corrected chi connectivity index (χ3v) is 6.23. The van der Waals surface area contributed by atoms with Gasteiger partial charge in [-0.1, -0.05) is 44.2 Å². The lowest BCUT2D eigenvalue weighted by molar-refractivity contribution is 0.0697. The molecule has 1 aliphatic rings. The molecule has 0 fully saturated rings.